The van der Waals surface area contributed by atoms with Gasteiger partial charge in [0.1, 0.15) is 28.9 Å². The van der Waals surface area contributed by atoms with E-state index < -0.39 is 64.9 Å². The minimum Gasteiger partial charge on any atom is -0.458 e. The molecule has 0 fully saturated rings. The van der Waals surface area contributed by atoms with E-state index in [1.807, 2.05) is 0 Å². The smallest absolute Gasteiger partial charge is 0.407 e. The van der Waals surface area contributed by atoms with Crippen LogP contribution in [0.5, 0.6) is 0 Å². The molecule has 0 aromatic carbocycles. The summed E-state index contributed by atoms with van der Waals surface area (Å²) in [6, 6.07) is -3.13. The van der Waals surface area contributed by atoms with Crippen molar-refractivity contribution in [2.75, 3.05) is 13.1 Å². The number of amides is 4. The fourth-order valence-electron chi connectivity index (χ4n) is 3.09. The summed E-state index contributed by atoms with van der Waals surface area (Å²) in [6.45, 7) is 19.0. The standard InChI is InChI=1S/C27H51N5O8/c1-16(2)19(32-20(33)17(28)12-14-29-23(36)39-26(6,7)8)21(34)31-18(22(35)38-25(3,4)5)13-15-30-24(37)40-27(9,10)11/h16-19H,12-15,28H2,1-11H3,(H,29,36)(H,30,37)(H,31,34)(H,32,33)/t17-,18-,19-/m0/s1. The van der Waals surface area contributed by atoms with Crippen molar-refractivity contribution in [3.8, 4) is 0 Å². The Hall–Kier alpha value is -3.09. The van der Waals surface area contributed by atoms with E-state index >= 15 is 0 Å². The summed E-state index contributed by atoms with van der Waals surface area (Å²) in [4.78, 5) is 62.5. The van der Waals surface area contributed by atoms with E-state index in [4.69, 9.17) is 19.9 Å². The summed E-state index contributed by atoms with van der Waals surface area (Å²) in [7, 11) is 0. The van der Waals surface area contributed by atoms with Gasteiger partial charge in [-0.2, -0.15) is 0 Å². The number of carbonyl (C=O) groups is 5. The Kier molecular flexibility index (Phi) is 14.4. The molecule has 0 saturated carbocycles. The highest BCUT2D eigenvalue weighted by Crippen LogP contribution is 2.12. The van der Waals surface area contributed by atoms with Crippen LogP contribution in [0.2, 0.25) is 0 Å². The lowest BCUT2D eigenvalue weighted by atomic mass is 10.0. The summed E-state index contributed by atoms with van der Waals surface area (Å²) < 4.78 is 15.8. The summed E-state index contributed by atoms with van der Waals surface area (Å²) >= 11 is 0. The maximum atomic E-state index is 13.2. The lowest BCUT2D eigenvalue weighted by molar-refractivity contribution is -0.159. The largest absolute Gasteiger partial charge is 0.458 e. The van der Waals surface area contributed by atoms with Gasteiger partial charge >= 0.3 is 18.2 Å². The Morgan fingerprint density at radius 2 is 1.07 bits per heavy atom. The molecule has 0 bridgehead atoms. The average molecular weight is 574 g/mol. The lowest BCUT2D eigenvalue weighted by Crippen LogP contribution is -2.57. The third-order valence-electron chi connectivity index (χ3n) is 4.82. The average Bonchev–Trinajstić information content (AvgIpc) is 2.72. The number of ether oxygens (including phenoxy) is 3. The molecule has 13 heteroatoms. The highest BCUT2D eigenvalue weighted by Gasteiger charge is 2.32. The molecule has 0 aliphatic carbocycles. The van der Waals surface area contributed by atoms with Crippen molar-refractivity contribution >= 4 is 30.0 Å². The second kappa shape index (κ2) is 15.6. The number of rotatable bonds is 12. The molecule has 232 valence electrons. The number of hydrogen-bond donors (Lipinski definition) is 5. The summed E-state index contributed by atoms with van der Waals surface area (Å²) in [5.74, 6) is -2.25. The predicted molar refractivity (Wildman–Crippen MR) is 150 cm³/mol. The van der Waals surface area contributed by atoms with Gasteiger partial charge in [0.15, 0.2) is 0 Å². The van der Waals surface area contributed by atoms with Crippen LogP contribution in [0.25, 0.3) is 0 Å². The molecule has 0 rings (SSSR count). The normalized spacial score (nSPS) is 14.3. The summed E-state index contributed by atoms with van der Waals surface area (Å²) in [5.41, 5.74) is 3.80. The zero-order valence-corrected chi connectivity index (χ0v) is 26.0. The summed E-state index contributed by atoms with van der Waals surface area (Å²) in [6.07, 6.45) is -1.17. The van der Waals surface area contributed by atoms with E-state index in [-0.39, 0.29) is 31.8 Å². The molecule has 6 N–H and O–H groups in total. The van der Waals surface area contributed by atoms with Gasteiger partial charge in [0.25, 0.3) is 0 Å². The fraction of sp³-hybridized carbons (Fsp3) is 0.815. The van der Waals surface area contributed by atoms with Gasteiger partial charge in [-0.1, -0.05) is 13.8 Å². The second-order valence-corrected chi connectivity index (χ2v) is 12.9. The monoisotopic (exact) mass is 573 g/mol. The van der Waals surface area contributed by atoms with Gasteiger partial charge in [-0.05, 0) is 81.1 Å². The maximum Gasteiger partial charge on any atom is 0.407 e. The van der Waals surface area contributed by atoms with Crippen molar-refractivity contribution in [3.05, 3.63) is 0 Å². The Morgan fingerprint density at radius 3 is 1.48 bits per heavy atom. The molecule has 0 unspecified atom stereocenters. The third-order valence-corrected chi connectivity index (χ3v) is 4.82. The van der Waals surface area contributed by atoms with Crippen LogP contribution in [0.3, 0.4) is 0 Å². The number of alkyl carbamates (subject to hydrolysis) is 2. The molecular formula is C27H51N5O8. The van der Waals surface area contributed by atoms with Crippen LogP contribution in [0.4, 0.5) is 9.59 Å². The number of hydrogen-bond acceptors (Lipinski definition) is 9. The molecule has 0 aliphatic heterocycles. The van der Waals surface area contributed by atoms with Crippen LogP contribution in [0.15, 0.2) is 0 Å². The molecule has 4 amide bonds. The molecule has 0 spiro atoms. The van der Waals surface area contributed by atoms with Crippen molar-refractivity contribution in [1.29, 1.82) is 0 Å². The van der Waals surface area contributed by atoms with Crippen LogP contribution in [-0.4, -0.2) is 78.0 Å². The highest BCUT2D eigenvalue weighted by molar-refractivity contribution is 5.92. The van der Waals surface area contributed by atoms with Crippen LogP contribution < -0.4 is 27.0 Å². The number of carbonyl (C=O) groups excluding carboxylic acids is 5. The van der Waals surface area contributed by atoms with Crippen LogP contribution in [-0.2, 0) is 28.6 Å². The molecule has 0 heterocycles. The molecule has 0 aromatic heterocycles. The van der Waals surface area contributed by atoms with Crippen molar-refractivity contribution < 1.29 is 38.2 Å². The van der Waals surface area contributed by atoms with E-state index in [0.717, 1.165) is 0 Å². The van der Waals surface area contributed by atoms with Gasteiger partial charge in [0, 0.05) is 13.1 Å². The molecule has 13 nitrogen and oxygen atoms in total. The van der Waals surface area contributed by atoms with E-state index in [9.17, 15) is 24.0 Å². The molecule has 0 radical (unpaired) electrons. The fourth-order valence-corrected chi connectivity index (χ4v) is 3.09. The van der Waals surface area contributed by atoms with E-state index in [1.165, 1.54) is 0 Å². The van der Waals surface area contributed by atoms with Gasteiger partial charge in [-0.15, -0.1) is 0 Å². The highest BCUT2D eigenvalue weighted by atomic mass is 16.6. The molecular weight excluding hydrogens is 522 g/mol. The second-order valence-electron chi connectivity index (χ2n) is 12.9. The zero-order valence-electron chi connectivity index (χ0n) is 26.0. The first-order chi connectivity index (χ1) is 18.0. The van der Waals surface area contributed by atoms with Crippen molar-refractivity contribution in [1.82, 2.24) is 21.3 Å². The first-order valence-corrected chi connectivity index (χ1v) is 13.5. The van der Waals surface area contributed by atoms with E-state index in [0.29, 0.717) is 0 Å². The topological polar surface area (TPSA) is 187 Å². The molecule has 3 atom stereocenters. The molecule has 0 aromatic rings. The van der Waals surface area contributed by atoms with E-state index in [1.54, 1.807) is 76.2 Å². The third kappa shape index (κ3) is 17.5. The quantitative estimate of drug-likeness (QED) is 0.172. The SMILES string of the molecule is CC(C)[C@H](NC(=O)[C@@H](N)CCNC(=O)OC(C)(C)C)C(=O)N[C@@H](CCNC(=O)OC(C)(C)C)C(=O)OC(C)(C)C. The minimum atomic E-state index is -1.11. The zero-order chi connectivity index (χ0) is 31.5. The maximum absolute atomic E-state index is 13.2. The lowest BCUT2D eigenvalue weighted by Gasteiger charge is -2.28. The molecule has 0 aliphatic rings. The molecule has 40 heavy (non-hydrogen) atoms. The Bertz CT molecular complexity index is 872. The van der Waals surface area contributed by atoms with Gasteiger partial charge in [-0.3, -0.25) is 9.59 Å². The van der Waals surface area contributed by atoms with Crippen molar-refractivity contribution in [2.45, 2.75) is 124 Å². The van der Waals surface area contributed by atoms with E-state index in [2.05, 4.69) is 21.3 Å². The summed E-state index contributed by atoms with van der Waals surface area (Å²) in [5, 5.41) is 10.3. The number of esters is 1. The number of nitrogens with two attached hydrogens (primary N) is 1. The number of nitrogens with one attached hydrogen (secondary N) is 4. The van der Waals surface area contributed by atoms with Crippen LogP contribution in [0, 0.1) is 5.92 Å². The Balaban J connectivity index is 5.26. The Morgan fingerprint density at radius 1 is 0.650 bits per heavy atom. The Labute approximate surface area is 238 Å². The predicted octanol–water partition coefficient (Wildman–Crippen LogP) is 2.11. The first kappa shape index (κ1) is 36.9. The van der Waals surface area contributed by atoms with Gasteiger partial charge < -0.3 is 41.2 Å². The van der Waals surface area contributed by atoms with Crippen molar-refractivity contribution in [3.63, 3.8) is 0 Å². The van der Waals surface area contributed by atoms with Gasteiger partial charge in [-0.25, -0.2) is 14.4 Å². The minimum absolute atomic E-state index is 0.0212. The van der Waals surface area contributed by atoms with Crippen LogP contribution >= 0.6 is 0 Å². The molecule has 0 saturated heterocycles. The van der Waals surface area contributed by atoms with Crippen LogP contribution in [0.1, 0.15) is 89.0 Å². The van der Waals surface area contributed by atoms with Crippen molar-refractivity contribution in [2.24, 2.45) is 11.7 Å². The van der Waals surface area contributed by atoms with Gasteiger partial charge in [0.2, 0.25) is 11.8 Å². The van der Waals surface area contributed by atoms with Gasteiger partial charge in [0.05, 0.1) is 6.04 Å². The first-order valence-electron chi connectivity index (χ1n) is 13.5.